The molecular formula is C23H25NO6. The fraction of sp³-hybridized carbons (Fsp3) is 0.304. The highest BCUT2D eigenvalue weighted by Crippen LogP contribution is 2.27. The second-order valence-electron chi connectivity index (χ2n) is 6.69. The van der Waals surface area contributed by atoms with Gasteiger partial charge in [-0.1, -0.05) is 13.0 Å². The van der Waals surface area contributed by atoms with Gasteiger partial charge in [-0.05, 0) is 48.7 Å². The molecule has 1 amide bonds. The van der Waals surface area contributed by atoms with Gasteiger partial charge >= 0.3 is 5.63 Å². The van der Waals surface area contributed by atoms with Crippen molar-refractivity contribution in [3.8, 4) is 17.2 Å². The smallest absolute Gasteiger partial charge is 0.349 e. The molecule has 2 aromatic carbocycles. The van der Waals surface area contributed by atoms with E-state index in [1.54, 1.807) is 32.4 Å². The minimum Gasteiger partial charge on any atom is -0.493 e. The summed E-state index contributed by atoms with van der Waals surface area (Å²) in [6.07, 6.45) is 1.45. The van der Waals surface area contributed by atoms with E-state index in [0.717, 1.165) is 12.0 Å². The van der Waals surface area contributed by atoms with Gasteiger partial charge in [0.25, 0.3) is 5.91 Å². The predicted octanol–water partition coefficient (Wildman–Crippen LogP) is 3.57. The number of carbonyl (C=O) groups is 1. The van der Waals surface area contributed by atoms with Gasteiger partial charge in [0, 0.05) is 18.0 Å². The lowest BCUT2D eigenvalue weighted by atomic mass is 10.1. The summed E-state index contributed by atoms with van der Waals surface area (Å²) < 4.78 is 21.4. The second-order valence-corrected chi connectivity index (χ2v) is 6.69. The molecule has 7 heteroatoms. The third-order valence-corrected chi connectivity index (χ3v) is 4.57. The van der Waals surface area contributed by atoms with E-state index in [1.807, 2.05) is 25.1 Å². The van der Waals surface area contributed by atoms with Gasteiger partial charge < -0.3 is 23.9 Å². The van der Waals surface area contributed by atoms with Gasteiger partial charge in [0.2, 0.25) is 0 Å². The van der Waals surface area contributed by atoms with Crippen LogP contribution in [0.4, 0.5) is 0 Å². The number of amides is 1. The molecule has 1 aromatic heterocycles. The minimum absolute atomic E-state index is 0.0305. The first kappa shape index (κ1) is 21.2. The van der Waals surface area contributed by atoms with E-state index in [-0.39, 0.29) is 5.56 Å². The SMILES string of the molecule is CCCOc1ccc2cc(C(=O)NCCc3ccc(OC)c(OC)c3)c(=O)oc2c1. The van der Waals surface area contributed by atoms with E-state index in [0.29, 0.717) is 47.8 Å². The molecule has 3 aromatic rings. The number of rotatable bonds is 9. The highest BCUT2D eigenvalue weighted by Gasteiger charge is 2.14. The van der Waals surface area contributed by atoms with Crippen molar-refractivity contribution in [1.29, 1.82) is 0 Å². The van der Waals surface area contributed by atoms with Crippen molar-refractivity contribution in [3.05, 3.63) is 64.0 Å². The van der Waals surface area contributed by atoms with Gasteiger partial charge in [0.05, 0.1) is 20.8 Å². The quantitative estimate of drug-likeness (QED) is 0.542. The van der Waals surface area contributed by atoms with Crippen LogP contribution in [0.15, 0.2) is 51.7 Å². The number of methoxy groups -OCH3 is 2. The molecule has 30 heavy (non-hydrogen) atoms. The molecule has 1 heterocycles. The first-order valence-corrected chi connectivity index (χ1v) is 9.75. The molecule has 0 saturated carbocycles. The Morgan fingerprint density at radius 2 is 1.83 bits per heavy atom. The molecule has 0 atom stereocenters. The van der Waals surface area contributed by atoms with Gasteiger partial charge in [0.1, 0.15) is 16.9 Å². The fourth-order valence-corrected chi connectivity index (χ4v) is 3.01. The normalized spacial score (nSPS) is 10.6. The Hall–Kier alpha value is -3.48. The van der Waals surface area contributed by atoms with Gasteiger partial charge in [0.15, 0.2) is 11.5 Å². The van der Waals surface area contributed by atoms with E-state index in [2.05, 4.69) is 5.32 Å². The lowest BCUT2D eigenvalue weighted by Crippen LogP contribution is -2.29. The van der Waals surface area contributed by atoms with Crippen molar-refractivity contribution in [1.82, 2.24) is 5.32 Å². The van der Waals surface area contributed by atoms with Gasteiger partial charge in [-0.2, -0.15) is 0 Å². The van der Waals surface area contributed by atoms with Crippen LogP contribution in [-0.2, 0) is 6.42 Å². The molecule has 0 fully saturated rings. The third-order valence-electron chi connectivity index (χ3n) is 4.57. The Bertz CT molecular complexity index is 1090. The predicted molar refractivity (Wildman–Crippen MR) is 114 cm³/mol. The molecule has 0 aliphatic carbocycles. The molecule has 3 rings (SSSR count). The average molecular weight is 411 g/mol. The van der Waals surface area contributed by atoms with Crippen LogP contribution in [0.1, 0.15) is 29.3 Å². The zero-order chi connectivity index (χ0) is 21.5. The number of hydrogen-bond acceptors (Lipinski definition) is 6. The van der Waals surface area contributed by atoms with Crippen LogP contribution in [-0.4, -0.2) is 33.3 Å². The fourth-order valence-electron chi connectivity index (χ4n) is 3.01. The summed E-state index contributed by atoms with van der Waals surface area (Å²) in [6.45, 7) is 2.95. The lowest BCUT2D eigenvalue weighted by Gasteiger charge is -2.10. The van der Waals surface area contributed by atoms with Crippen LogP contribution < -0.4 is 25.2 Å². The number of benzene rings is 2. The van der Waals surface area contributed by atoms with Gasteiger partial charge in [-0.3, -0.25) is 4.79 Å². The summed E-state index contributed by atoms with van der Waals surface area (Å²) in [5, 5.41) is 3.42. The largest absolute Gasteiger partial charge is 0.493 e. The number of carbonyl (C=O) groups excluding carboxylic acids is 1. The molecule has 158 valence electrons. The molecule has 0 unspecified atom stereocenters. The van der Waals surface area contributed by atoms with Crippen molar-refractivity contribution in [2.24, 2.45) is 0 Å². The Labute approximate surface area is 174 Å². The number of hydrogen-bond donors (Lipinski definition) is 1. The van der Waals surface area contributed by atoms with E-state index in [4.69, 9.17) is 18.6 Å². The third kappa shape index (κ3) is 4.92. The van der Waals surface area contributed by atoms with Crippen molar-refractivity contribution >= 4 is 16.9 Å². The summed E-state index contributed by atoms with van der Waals surface area (Å²) in [6, 6.07) is 12.3. The van der Waals surface area contributed by atoms with Crippen LogP contribution in [0.5, 0.6) is 17.2 Å². The average Bonchev–Trinajstić information content (AvgIpc) is 2.76. The van der Waals surface area contributed by atoms with Crippen LogP contribution in [0.25, 0.3) is 11.0 Å². The van der Waals surface area contributed by atoms with Crippen molar-refractivity contribution in [3.63, 3.8) is 0 Å². The Balaban J connectivity index is 1.67. The van der Waals surface area contributed by atoms with Crippen LogP contribution in [0.3, 0.4) is 0 Å². The monoisotopic (exact) mass is 411 g/mol. The van der Waals surface area contributed by atoms with Gasteiger partial charge in [-0.15, -0.1) is 0 Å². The number of ether oxygens (including phenoxy) is 3. The highest BCUT2D eigenvalue weighted by atomic mass is 16.5. The van der Waals surface area contributed by atoms with Crippen molar-refractivity contribution in [2.75, 3.05) is 27.4 Å². The van der Waals surface area contributed by atoms with E-state index >= 15 is 0 Å². The summed E-state index contributed by atoms with van der Waals surface area (Å²) in [7, 11) is 3.15. The van der Waals surface area contributed by atoms with Crippen LogP contribution in [0.2, 0.25) is 0 Å². The molecule has 0 aliphatic rings. The maximum atomic E-state index is 12.5. The lowest BCUT2D eigenvalue weighted by molar-refractivity contribution is 0.0950. The Kier molecular flexibility index (Phi) is 6.95. The minimum atomic E-state index is -0.682. The molecular weight excluding hydrogens is 386 g/mol. The molecule has 7 nitrogen and oxygen atoms in total. The maximum Gasteiger partial charge on any atom is 0.349 e. The first-order chi connectivity index (χ1) is 14.5. The zero-order valence-electron chi connectivity index (χ0n) is 17.3. The summed E-state index contributed by atoms with van der Waals surface area (Å²) in [5.74, 6) is 1.41. The molecule has 0 spiro atoms. The summed E-state index contributed by atoms with van der Waals surface area (Å²) >= 11 is 0. The van der Waals surface area contributed by atoms with E-state index in [1.165, 1.54) is 6.07 Å². The van der Waals surface area contributed by atoms with Crippen LogP contribution in [0, 0.1) is 0 Å². The van der Waals surface area contributed by atoms with E-state index in [9.17, 15) is 9.59 Å². The highest BCUT2D eigenvalue weighted by molar-refractivity contribution is 5.96. The topological polar surface area (TPSA) is 87.0 Å². The molecule has 0 bridgehead atoms. The van der Waals surface area contributed by atoms with Crippen LogP contribution >= 0.6 is 0 Å². The maximum absolute atomic E-state index is 12.5. The number of nitrogens with one attached hydrogen (secondary N) is 1. The Morgan fingerprint density at radius 3 is 2.57 bits per heavy atom. The van der Waals surface area contributed by atoms with Crippen molar-refractivity contribution in [2.45, 2.75) is 19.8 Å². The van der Waals surface area contributed by atoms with Crippen molar-refractivity contribution < 1.29 is 23.4 Å². The number of fused-ring (bicyclic) bond motifs is 1. The molecule has 0 saturated heterocycles. The summed E-state index contributed by atoms with van der Waals surface area (Å²) in [4.78, 5) is 24.8. The van der Waals surface area contributed by atoms with Gasteiger partial charge in [-0.25, -0.2) is 4.79 Å². The molecule has 0 radical (unpaired) electrons. The van der Waals surface area contributed by atoms with E-state index < -0.39 is 11.5 Å². The molecule has 0 aliphatic heterocycles. The Morgan fingerprint density at radius 1 is 1.03 bits per heavy atom. The summed E-state index contributed by atoms with van der Waals surface area (Å²) in [5.41, 5.74) is 0.643. The molecule has 1 N–H and O–H groups in total. The standard InChI is InChI=1S/C23H25NO6/c1-4-11-29-17-7-6-16-13-18(23(26)30-20(16)14-17)22(25)24-10-9-15-5-8-19(27-2)21(12-15)28-3/h5-8,12-14H,4,9-11H2,1-3H3,(H,24,25). The first-order valence-electron chi connectivity index (χ1n) is 9.75. The second kappa shape index (κ2) is 9.82. The zero-order valence-corrected chi connectivity index (χ0v) is 17.3.